The number of Topliss-reactive ketones (excluding diaryl/α,β-unsaturated/α-hetero) is 2. The number of carbonyl (C=O) groups is 2. The lowest BCUT2D eigenvalue weighted by atomic mass is 9.73. The molecule has 2 aliphatic rings. The molecule has 2 atom stereocenters. The minimum atomic E-state index is -1.51. The van der Waals surface area contributed by atoms with E-state index in [4.69, 9.17) is 9.15 Å². The third-order valence-electron chi connectivity index (χ3n) is 5.29. The van der Waals surface area contributed by atoms with Crippen molar-refractivity contribution >= 4 is 22.5 Å². The summed E-state index contributed by atoms with van der Waals surface area (Å²) in [5.41, 5.74) is -2.29. The quantitative estimate of drug-likeness (QED) is 0.671. The van der Waals surface area contributed by atoms with Crippen LogP contribution in [0.2, 0.25) is 0 Å². The number of fused-ring (bicyclic) bond motifs is 4. The van der Waals surface area contributed by atoms with Gasteiger partial charge >= 0.3 is 0 Å². The van der Waals surface area contributed by atoms with Gasteiger partial charge in [-0.2, -0.15) is 0 Å². The first kappa shape index (κ1) is 16.7. The van der Waals surface area contributed by atoms with Gasteiger partial charge in [0.25, 0.3) is 0 Å². The molecule has 136 valence electrons. The molecule has 7 nitrogen and oxygen atoms in total. The van der Waals surface area contributed by atoms with Crippen molar-refractivity contribution < 1.29 is 34.1 Å². The zero-order chi connectivity index (χ0) is 19.0. The monoisotopic (exact) mass is 358 g/mol. The predicted molar refractivity (Wildman–Crippen MR) is 89.8 cm³/mol. The summed E-state index contributed by atoms with van der Waals surface area (Å²) in [6, 6.07) is 2.72. The van der Waals surface area contributed by atoms with Gasteiger partial charge in [-0.1, -0.05) is 0 Å². The molecule has 1 aromatic carbocycles. The summed E-state index contributed by atoms with van der Waals surface area (Å²) in [5.74, 6) is -1.44. The molecule has 2 aromatic rings. The Morgan fingerprint density at radius 1 is 1.23 bits per heavy atom. The highest BCUT2D eigenvalue weighted by molar-refractivity contribution is 6.07. The number of hydrogen-bond donors (Lipinski definition) is 3. The third kappa shape index (κ3) is 1.92. The van der Waals surface area contributed by atoms with Crippen LogP contribution in [0, 0.1) is 0 Å². The second-order valence-electron chi connectivity index (χ2n) is 7.16. The second-order valence-corrected chi connectivity index (χ2v) is 7.16. The maximum Gasteiger partial charge on any atom is 0.248 e. The normalized spacial score (nSPS) is 27.9. The second kappa shape index (κ2) is 4.88. The summed E-state index contributed by atoms with van der Waals surface area (Å²) < 4.78 is 11.6. The van der Waals surface area contributed by atoms with E-state index in [1.165, 1.54) is 26.0 Å². The van der Waals surface area contributed by atoms with Gasteiger partial charge in [0, 0.05) is 17.9 Å². The molecule has 1 spiro atoms. The van der Waals surface area contributed by atoms with Crippen LogP contribution in [0.1, 0.15) is 55.3 Å². The van der Waals surface area contributed by atoms with E-state index in [1.54, 1.807) is 6.92 Å². The van der Waals surface area contributed by atoms with E-state index >= 15 is 0 Å². The van der Waals surface area contributed by atoms with Gasteiger partial charge in [-0.25, -0.2) is 0 Å². The van der Waals surface area contributed by atoms with Crippen molar-refractivity contribution in [2.45, 2.75) is 44.8 Å². The molecule has 0 saturated carbocycles. The Bertz CT molecular complexity index is 1020. The van der Waals surface area contributed by atoms with Gasteiger partial charge in [0.05, 0.1) is 11.1 Å². The summed E-state index contributed by atoms with van der Waals surface area (Å²) in [5, 5.41) is 31.3. The standard InChI is InChI=1S/C19H18O7/c1-8(20)10-6-11-13(7-12(10)21)25-17-14(11)19(5-4-18(17,3)24)16(23)15(22)9(2)26-19/h6-7,21-22,24H,4-5H2,1-3H3. The molecule has 1 aliphatic heterocycles. The molecule has 1 aromatic heterocycles. The zero-order valence-corrected chi connectivity index (χ0v) is 14.5. The number of aliphatic hydroxyl groups excluding tert-OH is 1. The largest absolute Gasteiger partial charge is 0.507 e. The Labute approximate surface area is 148 Å². The molecule has 4 rings (SSSR count). The highest BCUT2D eigenvalue weighted by Crippen LogP contribution is 2.54. The van der Waals surface area contributed by atoms with E-state index in [-0.39, 0.29) is 47.0 Å². The molecular weight excluding hydrogens is 340 g/mol. The SMILES string of the molecule is CC(=O)c1cc2c3c(oc2cc1O)C(C)(O)CCC31OC(C)=C(O)C1=O. The van der Waals surface area contributed by atoms with Gasteiger partial charge in [-0.3, -0.25) is 9.59 Å². The molecule has 0 amide bonds. The number of rotatable bonds is 1. The van der Waals surface area contributed by atoms with E-state index in [1.807, 2.05) is 0 Å². The molecule has 0 saturated heterocycles. The first-order chi connectivity index (χ1) is 12.1. The topological polar surface area (TPSA) is 117 Å². The lowest BCUT2D eigenvalue weighted by Crippen LogP contribution is -2.43. The van der Waals surface area contributed by atoms with Gasteiger partial charge < -0.3 is 24.5 Å². The van der Waals surface area contributed by atoms with E-state index in [9.17, 15) is 24.9 Å². The molecule has 0 fully saturated rings. The Balaban J connectivity index is 2.09. The number of aromatic hydroxyl groups is 1. The number of ketones is 2. The van der Waals surface area contributed by atoms with Crippen molar-refractivity contribution in [2.75, 3.05) is 0 Å². The van der Waals surface area contributed by atoms with Crippen molar-refractivity contribution in [1.29, 1.82) is 0 Å². The van der Waals surface area contributed by atoms with Gasteiger partial charge in [0.1, 0.15) is 28.5 Å². The van der Waals surface area contributed by atoms with Crippen molar-refractivity contribution in [1.82, 2.24) is 0 Å². The molecule has 3 N–H and O–H groups in total. The number of benzene rings is 1. The molecule has 0 bridgehead atoms. The molecular formula is C19H18O7. The Morgan fingerprint density at radius 2 is 1.92 bits per heavy atom. The van der Waals surface area contributed by atoms with E-state index in [0.29, 0.717) is 10.9 Å². The van der Waals surface area contributed by atoms with Crippen LogP contribution in [-0.2, 0) is 20.7 Å². The van der Waals surface area contributed by atoms with Crippen molar-refractivity contribution in [3.8, 4) is 5.75 Å². The van der Waals surface area contributed by atoms with Crippen LogP contribution >= 0.6 is 0 Å². The number of hydrogen-bond acceptors (Lipinski definition) is 7. The van der Waals surface area contributed by atoms with Crippen LogP contribution in [0.25, 0.3) is 11.0 Å². The number of phenolic OH excluding ortho intramolecular Hbond substituents is 1. The number of furan rings is 1. The lowest BCUT2D eigenvalue weighted by molar-refractivity contribution is -0.138. The van der Waals surface area contributed by atoms with Crippen molar-refractivity contribution in [3.05, 3.63) is 40.5 Å². The van der Waals surface area contributed by atoms with Gasteiger partial charge in [-0.05, 0) is 33.3 Å². The fourth-order valence-electron chi connectivity index (χ4n) is 3.89. The van der Waals surface area contributed by atoms with Gasteiger partial charge in [0.2, 0.25) is 17.1 Å². The Hall–Kier alpha value is -2.80. The maximum atomic E-state index is 12.8. The van der Waals surface area contributed by atoms with Crippen LogP contribution in [0.5, 0.6) is 5.75 Å². The smallest absolute Gasteiger partial charge is 0.248 e. The summed E-state index contributed by atoms with van der Waals surface area (Å²) in [6.45, 7) is 4.37. The van der Waals surface area contributed by atoms with Crippen LogP contribution in [-0.4, -0.2) is 26.9 Å². The minimum Gasteiger partial charge on any atom is -0.507 e. The zero-order valence-electron chi connectivity index (χ0n) is 14.5. The van der Waals surface area contributed by atoms with Crippen LogP contribution in [0.3, 0.4) is 0 Å². The lowest BCUT2D eigenvalue weighted by Gasteiger charge is -2.37. The predicted octanol–water partition coefficient (Wildman–Crippen LogP) is 2.93. The maximum absolute atomic E-state index is 12.8. The van der Waals surface area contributed by atoms with E-state index in [2.05, 4.69) is 0 Å². The molecule has 26 heavy (non-hydrogen) atoms. The van der Waals surface area contributed by atoms with Crippen LogP contribution < -0.4 is 0 Å². The first-order valence-corrected chi connectivity index (χ1v) is 8.26. The summed E-state index contributed by atoms with van der Waals surface area (Å²) in [4.78, 5) is 24.6. The van der Waals surface area contributed by atoms with E-state index < -0.39 is 22.7 Å². The number of phenols is 1. The number of aliphatic hydroxyl groups is 2. The Morgan fingerprint density at radius 3 is 2.50 bits per heavy atom. The van der Waals surface area contributed by atoms with Crippen molar-refractivity contribution in [2.24, 2.45) is 0 Å². The minimum absolute atomic E-state index is 0.0702. The highest BCUT2D eigenvalue weighted by atomic mass is 16.5. The Kier molecular flexibility index (Phi) is 3.13. The summed E-state index contributed by atoms with van der Waals surface area (Å²) in [7, 11) is 0. The third-order valence-corrected chi connectivity index (χ3v) is 5.29. The molecule has 7 heteroatoms. The van der Waals surface area contributed by atoms with E-state index in [0.717, 1.165) is 0 Å². The fraction of sp³-hybridized carbons (Fsp3) is 0.368. The summed E-state index contributed by atoms with van der Waals surface area (Å²) in [6.07, 6.45) is 0.315. The molecule has 2 heterocycles. The van der Waals surface area contributed by atoms with Crippen molar-refractivity contribution in [3.63, 3.8) is 0 Å². The average Bonchev–Trinajstić information content (AvgIpc) is 3.04. The number of carbonyl (C=O) groups excluding carboxylic acids is 2. The van der Waals surface area contributed by atoms with Gasteiger partial charge in [0.15, 0.2) is 5.78 Å². The molecule has 2 unspecified atom stereocenters. The van der Waals surface area contributed by atoms with Crippen LogP contribution in [0.4, 0.5) is 0 Å². The molecule has 0 radical (unpaired) electrons. The first-order valence-electron chi connectivity index (χ1n) is 8.26. The molecule has 1 aliphatic carbocycles. The average molecular weight is 358 g/mol. The fourth-order valence-corrected chi connectivity index (χ4v) is 3.89. The summed E-state index contributed by atoms with van der Waals surface area (Å²) >= 11 is 0. The number of allylic oxidation sites excluding steroid dienone is 1. The number of ether oxygens (including phenoxy) is 1. The highest BCUT2D eigenvalue weighted by Gasteiger charge is 2.58. The van der Waals surface area contributed by atoms with Crippen LogP contribution in [0.15, 0.2) is 28.1 Å². The van der Waals surface area contributed by atoms with Gasteiger partial charge in [-0.15, -0.1) is 0 Å².